The molecule has 0 radical (unpaired) electrons. The topological polar surface area (TPSA) is 90.0 Å². The first-order valence-corrected chi connectivity index (χ1v) is 13.9. The zero-order chi connectivity index (χ0) is 24.5. The molecule has 1 heterocycles. The van der Waals surface area contributed by atoms with Gasteiger partial charge in [-0.1, -0.05) is 0 Å². The van der Waals surface area contributed by atoms with Crippen molar-refractivity contribution in [2.24, 2.45) is 5.92 Å². The second kappa shape index (κ2) is 9.39. The number of rotatable bonds is 7. The molecule has 166 valence electrons. The number of halogens is 1. The van der Waals surface area contributed by atoms with E-state index < -0.39 is 64.4 Å². The van der Waals surface area contributed by atoms with Crippen LogP contribution in [0.3, 0.4) is 0 Å². The molecule has 1 atom stereocenters. The number of fused-ring (bicyclic) bond motifs is 1. The normalized spacial score (nSPS) is 17.2. The summed E-state index contributed by atoms with van der Waals surface area (Å²) in [6.07, 6.45) is -0.714. The van der Waals surface area contributed by atoms with Gasteiger partial charge in [-0.25, -0.2) is 0 Å². The summed E-state index contributed by atoms with van der Waals surface area (Å²) >= 11 is -3.20. The average Bonchev–Trinajstić information content (AvgIpc) is 3.12. The van der Waals surface area contributed by atoms with Crippen molar-refractivity contribution in [3.8, 4) is 0 Å². The predicted molar refractivity (Wildman–Crippen MR) is 125 cm³/mol. The van der Waals surface area contributed by atoms with Crippen molar-refractivity contribution >= 4 is 42.2 Å². The van der Waals surface area contributed by atoms with E-state index in [0.29, 0.717) is 13.4 Å². The quantitative estimate of drug-likeness (QED) is 0.375. The predicted octanol–water partition coefficient (Wildman–Crippen LogP) is 4.12. The van der Waals surface area contributed by atoms with Crippen LogP contribution in [0.25, 0.3) is 0 Å². The molecule has 1 aliphatic rings. The van der Waals surface area contributed by atoms with E-state index in [1.54, 1.807) is 57.2 Å². The van der Waals surface area contributed by atoms with Crippen LogP contribution >= 0.6 is 20.2 Å². The molecule has 2 aromatic rings. The molecule has 2 aromatic carbocycles. The molecule has 0 amide bonds. The summed E-state index contributed by atoms with van der Waals surface area (Å²) in [7, 11) is -3.30. The van der Waals surface area contributed by atoms with Crippen LogP contribution in [-0.2, 0) is 22.6 Å². The Bertz CT molecular complexity index is 1210. The van der Waals surface area contributed by atoms with Crippen molar-refractivity contribution < 1.29 is 28.6 Å². The number of aryl methyl sites for hydroxylation is 1. The van der Waals surface area contributed by atoms with Gasteiger partial charge >= 0.3 is 193 Å². The van der Waals surface area contributed by atoms with Crippen molar-refractivity contribution in [3.63, 3.8) is 0 Å². The van der Waals surface area contributed by atoms with Gasteiger partial charge in [-0.15, -0.1) is 0 Å². The number of carbonyl (C=O) groups is 2. The number of methoxy groups -OCH3 is 1. The molecule has 0 bridgehead atoms. The standard InChI is InChI=1S/C22H24INO6S/c1-15(2)20(22(26)29-4)24(31(27,28)17-11-9-16(3)10-12-17)14-13-23-19-8-6-5-7-18(19)21(25)30-23/h5-15,20H,1-4H3/b14-13-/t20-/m0/s1/i13D,14D. The van der Waals surface area contributed by atoms with Crippen molar-refractivity contribution in [2.45, 2.75) is 31.7 Å². The molecule has 0 fully saturated rings. The van der Waals surface area contributed by atoms with Crippen LogP contribution in [0.5, 0.6) is 0 Å². The molecular weight excluding hydrogens is 533 g/mol. The number of hydrogen-bond acceptors (Lipinski definition) is 6. The molecule has 1 aliphatic heterocycles. The second-order valence-corrected chi connectivity index (χ2v) is 12.5. The van der Waals surface area contributed by atoms with Crippen molar-refractivity contribution in [3.05, 3.63) is 73.5 Å². The van der Waals surface area contributed by atoms with Gasteiger partial charge in [0.25, 0.3) is 0 Å². The minimum atomic E-state index is -4.43. The van der Waals surface area contributed by atoms with Crippen LogP contribution in [0, 0.1) is 16.4 Å². The van der Waals surface area contributed by atoms with E-state index in [1.807, 2.05) is 0 Å². The van der Waals surface area contributed by atoms with E-state index in [0.717, 1.165) is 12.7 Å². The third kappa shape index (κ3) is 4.77. The first-order valence-electron chi connectivity index (χ1n) is 10.4. The van der Waals surface area contributed by atoms with Crippen LogP contribution in [0.4, 0.5) is 0 Å². The SMILES string of the molecule is [2H]/C(=C(\[2H])I1OC(=O)c2ccccc21)N([C@H](C(=O)OC)C(C)C)S(=O)(=O)c1ccc(C)cc1. The van der Waals surface area contributed by atoms with E-state index in [4.69, 9.17) is 10.5 Å². The van der Waals surface area contributed by atoms with E-state index >= 15 is 0 Å². The molecule has 7 nitrogen and oxygen atoms in total. The van der Waals surface area contributed by atoms with Gasteiger partial charge in [0.15, 0.2) is 0 Å². The number of benzene rings is 2. The van der Waals surface area contributed by atoms with Gasteiger partial charge in [0.2, 0.25) is 0 Å². The van der Waals surface area contributed by atoms with Crippen LogP contribution in [0.15, 0.2) is 63.7 Å². The summed E-state index contributed by atoms with van der Waals surface area (Å²) in [5.74, 6) is -2.03. The molecule has 0 N–H and O–H groups in total. The van der Waals surface area contributed by atoms with E-state index in [1.165, 1.54) is 12.1 Å². The summed E-state index contributed by atoms with van der Waals surface area (Å²) in [6, 6.07) is 11.1. The van der Waals surface area contributed by atoms with Gasteiger partial charge in [0.05, 0.1) is 0 Å². The Hall–Kier alpha value is -2.40. The van der Waals surface area contributed by atoms with Gasteiger partial charge < -0.3 is 0 Å². The van der Waals surface area contributed by atoms with Crippen molar-refractivity contribution in [1.29, 1.82) is 0 Å². The van der Waals surface area contributed by atoms with Crippen LogP contribution in [-0.4, -0.2) is 37.8 Å². The summed E-state index contributed by atoms with van der Waals surface area (Å²) in [6.45, 7) is 5.05. The van der Waals surface area contributed by atoms with Crippen molar-refractivity contribution in [1.82, 2.24) is 4.31 Å². The van der Waals surface area contributed by atoms with E-state index in [2.05, 4.69) is 0 Å². The Morgan fingerprint density at radius 1 is 1.19 bits per heavy atom. The molecule has 0 aromatic heterocycles. The Labute approximate surface area is 192 Å². The molecule has 0 unspecified atom stereocenters. The zero-order valence-electron chi connectivity index (χ0n) is 19.5. The zero-order valence-corrected chi connectivity index (χ0v) is 20.4. The number of sulfonamides is 1. The Kier molecular flexibility index (Phi) is 6.21. The number of esters is 1. The summed E-state index contributed by atoms with van der Waals surface area (Å²) < 4.78 is 55.7. The first-order chi connectivity index (χ1) is 15.5. The molecule has 3 rings (SSSR count). The van der Waals surface area contributed by atoms with Gasteiger partial charge in [-0.3, -0.25) is 0 Å². The van der Waals surface area contributed by atoms with Crippen LogP contribution < -0.4 is 0 Å². The van der Waals surface area contributed by atoms with Crippen LogP contribution in [0.2, 0.25) is 0 Å². The first kappa shape index (κ1) is 20.5. The number of carbonyl (C=O) groups excluding carboxylic acids is 2. The Morgan fingerprint density at radius 2 is 1.84 bits per heavy atom. The van der Waals surface area contributed by atoms with Crippen LogP contribution in [0.1, 0.15) is 32.5 Å². The summed E-state index contributed by atoms with van der Waals surface area (Å²) in [5, 5.41) is 0. The Balaban J connectivity index is 2.22. The molecule has 0 aliphatic carbocycles. The van der Waals surface area contributed by atoms with Gasteiger partial charge in [0, 0.05) is 0 Å². The summed E-state index contributed by atoms with van der Waals surface area (Å²) in [4.78, 5) is 24.8. The average molecular weight is 559 g/mol. The fraction of sp³-hybridized carbons (Fsp3) is 0.273. The molecule has 31 heavy (non-hydrogen) atoms. The molecule has 0 spiro atoms. The maximum absolute atomic E-state index is 13.7. The third-order valence-electron chi connectivity index (χ3n) is 4.57. The molecule has 9 heteroatoms. The molecule has 0 saturated heterocycles. The van der Waals surface area contributed by atoms with E-state index in [9.17, 15) is 18.0 Å². The number of hydrogen-bond donors (Lipinski definition) is 0. The molecular formula is C22H24INO6S. The fourth-order valence-corrected chi connectivity index (χ4v) is 7.82. The third-order valence-corrected chi connectivity index (χ3v) is 9.84. The van der Waals surface area contributed by atoms with E-state index in [-0.39, 0.29) is 4.90 Å². The minimum absolute atomic E-state index is 0.132. The van der Waals surface area contributed by atoms with Gasteiger partial charge in [-0.05, 0) is 0 Å². The fourth-order valence-electron chi connectivity index (χ4n) is 2.94. The number of nitrogens with zero attached hydrogens (tertiary/aromatic N) is 1. The molecule has 0 saturated carbocycles. The Morgan fingerprint density at radius 3 is 2.45 bits per heavy atom. The van der Waals surface area contributed by atoms with Crippen molar-refractivity contribution in [2.75, 3.05) is 7.11 Å². The number of ether oxygens (including phenoxy) is 1. The van der Waals surface area contributed by atoms with Gasteiger partial charge in [-0.2, -0.15) is 0 Å². The second-order valence-electron chi connectivity index (χ2n) is 7.13. The summed E-state index contributed by atoms with van der Waals surface area (Å²) in [5.41, 5.74) is 1.14. The monoisotopic (exact) mass is 559 g/mol. The van der Waals surface area contributed by atoms with Gasteiger partial charge in [0.1, 0.15) is 0 Å². The maximum atomic E-state index is 13.7.